The number of rotatable bonds is 4. The highest BCUT2D eigenvalue weighted by Crippen LogP contribution is 2.37. The monoisotopic (exact) mass is 371 g/mol. The molecule has 3 rings (SSSR count). The minimum absolute atomic E-state index is 0.107. The fourth-order valence-corrected chi connectivity index (χ4v) is 3.56. The van der Waals surface area contributed by atoms with E-state index in [4.69, 9.17) is 21.2 Å². The molecule has 26 heavy (non-hydrogen) atoms. The van der Waals surface area contributed by atoms with E-state index in [1.54, 1.807) is 12.1 Å². The fourth-order valence-electron chi connectivity index (χ4n) is 3.43. The van der Waals surface area contributed by atoms with Crippen LogP contribution in [0.4, 0.5) is 5.69 Å². The van der Waals surface area contributed by atoms with Crippen molar-refractivity contribution in [1.29, 1.82) is 0 Å². The normalized spacial score (nSPS) is 18.8. The van der Waals surface area contributed by atoms with Crippen LogP contribution in [0.2, 0.25) is 5.02 Å². The molecule has 136 valence electrons. The summed E-state index contributed by atoms with van der Waals surface area (Å²) in [6, 6.07) is 18.0. The van der Waals surface area contributed by atoms with Crippen molar-refractivity contribution >= 4 is 29.3 Å². The quantitative estimate of drug-likeness (QED) is 0.817. The summed E-state index contributed by atoms with van der Waals surface area (Å²) in [5.41, 5.74) is 2.26. The summed E-state index contributed by atoms with van der Waals surface area (Å²) in [7, 11) is 0. The first kappa shape index (κ1) is 19.9. The molecular weight excluding hydrogens is 350 g/mol. The van der Waals surface area contributed by atoms with Crippen molar-refractivity contribution < 1.29 is 14.4 Å². The molecule has 1 aliphatic carbocycles. The molecule has 0 heterocycles. The summed E-state index contributed by atoms with van der Waals surface area (Å²) in [6.45, 7) is 0. The van der Waals surface area contributed by atoms with Crippen LogP contribution in [0.5, 0.6) is 0 Å². The molecule has 0 aromatic heterocycles. The van der Waals surface area contributed by atoms with Gasteiger partial charge in [-0.1, -0.05) is 41.9 Å². The average Bonchev–Trinajstić information content (AvgIpc) is 2.66. The summed E-state index contributed by atoms with van der Waals surface area (Å²) in [5.74, 6) is 1.27. The highest BCUT2D eigenvalue weighted by molar-refractivity contribution is 6.30. The number of hydrogen-bond acceptors (Lipinski definition) is 3. The Bertz CT molecular complexity index is 717. The number of hydrogen-bond donors (Lipinski definition) is 1. The maximum absolute atomic E-state index is 12.2. The third kappa shape index (κ3) is 6.47. The SMILES string of the molecule is O=C(CC1CCC(c2ccccc2)CC1)Nc1ccc(Cl)cc1.O=C=O. The Balaban J connectivity index is 0.000000758. The van der Waals surface area contributed by atoms with E-state index in [1.807, 2.05) is 12.1 Å². The van der Waals surface area contributed by atoms with Gasteiger partial charge in [0.2, 0.25) is 5.91 Å². The maximum Gasteiger partial charge on any atom is 0.373 e. The van der Waals surface area contributed by atoms with E-state index in [9.17, 15) is 4.79 Å². The van der Waals surface area contributed by atoms with E-state index < -0.39 is 0 Å². The molecule has 0 atom stereocenters. The maximum atomic E-state index is 12.2. The molecule has 1 N–H and O–H groups in total. The predicted octanol–water partition coefficient (Wildman–Crippen LogP) is 5.06. The summed E-state index contributed by atoms with van der Waals surface area (Å²) in [4.78, 5) is 28.4. The van der Waals surface area contributed by atoms with Gasteiger partial charge in [0.1, 0.15) is 0 Å². The van der Waals surface area contributed by atoms with Crippen LogP contribution in [0, 0.1) is 5.92 Å². The van der Waals surface area contributed by atoms with Crippen molar-refractivity contribution in [2.24, 2.45) is 5.92 Å². The van der Waals surface area contributed by atoms with Gasteiger partial charge in [-0.2, -0.15) is 9.59 Å². The van der Waals surface area contributed by atoms with Gasteiger partial charge in [0.25, 0.3) is 0 Å². The minimum atomic E-state index is 0.107. The number of carbonyl (C=O) groups excluding carboxylic acids is 3. The Morgan fingerprint density at radius 1 is 0.962 bits per heavy atom. The molecule has 0 radical (unpaired) electrons. The largest absolute Gasteiger partial charge is 0.373 e. The van der Waals surface area contributed by atoms with Gasteiger partial charge in [-0.15, -0.1) is 0 Å². The molecule has 2 aromatic rings. The summed E-state index contributed by atoms with van der Waals surface area (Å²) in [5, 5.41) is 3.64. The lowest BCUT2D eigenvalue weighted by molar-refractivity contribution is -0.191. The molecule has 0 unspecified atom stereocenters. The highest BCUT2D eigenvalue weighted by Gasteiger charge is 2.23. The van der Waals surface area contributed by atoms with Gasteiger partial charge in [-0.25, -0.2) is 0 Å². The molecular formula is C21H22ClNO3. The van der Waals surface area contributed by atoms with E-state index >= 15 is 0 Å². The van der Waals surface area contributed by atoms with Crippen molar-refractivity contribution in [2.75, 3.05) is 5.32 Å². The topological polar surface area (TPSA) is 63.2 Å². The first-order valence-corrected chi connectivity index (χ1v) is 9.09. The third-order valence-electron chi connectivity index (χ3n) is 4.72. The van der Waals surface area contributed by atoms with Gasteiger partial charge in [-0.05, 0) is 67.3 Å². The first-order valence-electron chi connectivity index (χ1n) is 8.72. The Labute approximate surface area is 158 Å². The molecule has 4 nitrogen and oxygen atoms in total. The van der Waals surface area contributed by atoms with Crippen LogP contribution in [0.1, 0.15) is 43.6 Å². The zero-order valence-electron chi connectivity index (χ0n) is 14.5. The van der Waals surface area contributed by atoms with Crippen molar-refractivity contribution in [3.8, 4) is 0 Å². The molecule has 1 aliphatic rings. The number of halogens is 1. The van der Waals surface area contributed by atoms with Gasteiger partial charge in [0.15, 0.2) is 0 Å². The summed E-state index contributed by atoms with van der Waals surface area (Å²) >= 11 is 5.86. The average molecular weight is 372 g/mol. The number of amides is 1. The lowest BCUT2D eigenvalue weighted by Gasteiger charge is -2.28. The summed E-state index contributed by atoms with van der Waals surface area (Å²) < 4.78 is 0. The molecule has 1 fully saturated rings. The lowest BCUT2D eigenvalue weighted by atomic mass is 9.77. The molecule has 0 bridgehead atoms. The molecule has 1 amide bonds. The Morgan fingerprint density at radius 3 is 2.12 bits per heavy atom. The molecule has 0 spiro atoms. The van der Waals surface area contributed by atoms with E-state index in [1.165, 1.54) is 18.4 Å². The van der Waals surface area contributed by atoms with E-state index in [0.717, 1.165) is 18.5 Å². The molecule has 2 aromatic carbocycles. The highest BCUT2D eigenvalue weighted by atomic mass is 35.5. The standard InChI is InChI=1S/C20H22ClNO.CO2/c21-18-10-12-19(13-11-18)22-20(23)14-15-6-8-17(9-7-15)16-4-2-1-3-5-16;2-1-3/h1-5,10-13,15,17H,6-9,14H2,(H,22,23);. The zero-order valence-corrected chi connectivity index (χ0v) is 15.2. The van der Waals surface area contributed by atoms with Gasteiger partial charge < -0.3 is 5.32 Å². The van der Waals surface area contributed by atoms with Crippen LogP contribution >= 0.6 is 11.6 Å². The Morgan fingerprint density at radius 2 is 1.54 bits per heavy atom. The van der Waals surface area contributed by atoms with E-state index in [-0.39, 0.29) is 12.1 Å². The molecule has 1 saturated carbocycles. The second-order valence-corrected chi connectivity index (χ2v) is 6.91. The van der Waals surface area contributed by atoms with E-state index in [2.05, 4.69) is 35.6 Å². The molecule has 5 heteroatoms. The Kier molecular flexibility index (Phi) is 8.07. The van der Waals surface area contributed by atoms with Crippen LogP contribution in [0.3, 0.4) is 0 Å². The van der Waals surface area contributed by atoms with Crippen molar-refractivity contribution in [3.63, 3.8) is 0 Å². The van der Waals surface area contributed by atoms with Crippen LogP contribution in [-0.4, -0.2) is 12.1 Å². The van der Waals surface area contributed by atoms with Crippen molar-refractivity contribution in [1.82, 2.24) is 0 Å². The van der Waals surface area contributed by atoms with Gasteiger partial charge in [0.05, 0.1) is 0 Å². The van der Waals surface area contributed by atoms with Crippen LogP contribution in [0.25, 0.3) is 0 Å². The number of carbonyl (C=O) groups is 1. The fraction of sp³-hybridized carbons (Fsp3) is 0.333. The zero-order chi connectivity index (χ0) is 18.8. The van der Waals surface area contributed by atoms with Crippen LogP contribution in [0.15, 0.2) is 54.6 Å². The predicted molar refractivity (Wildman–Crippen MR) is 101 cm³/mol. The molecule has 0 aliphatic heterocycles. The van der Waals surface area contributed by atoms with Crippen molar-refractivity contribution in [3.05, 3.63) is 65.2 Å². The van der Waals surface area contributed by atoms with Crippen LogP contribution in [-0.2, 0) is 14.4 Å². The second-order valence-electron chi connectivity index (χ2n) is 6.47. The van der Waals surface area contributed by atoms with Crippen LogP contribution < -0.4 is 5.32 Å². The van der Waals surface area contributed by atoms with Gasteiger partial charge in [0, 0.05) is 17.1 Å². The van der Waals surface area contributed by atoms with E-state index in [0.29, 0.717) is 23.3 Å². The third-order valence-corrected chi connectivity index (χ3v) is 4.97. The summed E-state index contributed by atoms with van der Waals surface area (Å²) in [6.07, 6.45) is 5.50. The minimum Gasteiger partial charge on any atom is -0.326 e. The number of nitrogens with one attached hydrogen (secondary N) is 1. The van der Waals surface area contributed by atoms with Gasteiger partial charge in [-0.3, -0.25) is 4.79 Å². The smallest absolute Gasteiger partial charge is 0.326 e. The van der Waals surface area contributed by atoms with Gasteiger partial charge >= 0.3 is 6.15 Å². The van der Waals surface area contributed by atoms with Crippen molar-refractivity contribution in [2.45, 2.75) is 38.0 Å². The molecule has 0 saturated heterocycles. The second kappa shape index (κ2) is 10.5. The first-order chi connectivity index (χ1) is 12.6. The number of benzene rings is 2. The Hall–Kier alpha value is -2.42. The number of anilines is 1. The lowest BCUT2D eigenvalue weighted by Crippen LogP contribution is -2.20.